The Labute approximate surface area is 124 Å². The highest BCUT2D eigenvalue weighted by atomic mass is 16.5. The van der Waals surface area contributed by atoms with Gasteiger partial charge < -0.3 is 15.8 Å². The van der Waals surface area contributed by atoms with Gasteiger partial charge >= 0.3 is 5.97 Å². The van der Waals surface area contributed by atoms with Crippen LogP contribution in [0.15, 0.2) is 42.6 Å². The Morgan fingerprint density at radius 3 is 2.81 bits per heavy atom. The lowest BCUT2D eigenvalue weighted by molar-refractivity contribution is 0.0527. The minimum Gasteiger partial charge on any atom is -0.462 e. The Kier molecular flexibility index (Phi) is 4.77. The monoisotopic (exact) mass is 285 g/mol. The number of hydrogen-bond acceptors (Lipinski definition) is 5. The molecule has 0 aliphatic carbocycles. The second kappa shape index (κ2) is 6.74. The van der Waals surface area contributed by atoms with Gasteiger partial charge in [0.2, 0.25) is 0 Å². The first kappa shape index (κ1) is 14.8. The molecular weight excluding hydrogens is 266 g/mol. The van der Waals surface area contributed by atoms with Gasteiger partial charge in [-0.1, -0.05) is 18.2 Å². The first-order valence-corrected chi connectivity index (χ1v) is 6.86. The van der Waals surface area contributed by atoms with Gasteiger partial charge in [0.1, 0.15) is 11.4 Å². The van der Waals surface area contributed by atoms with Crippen LogP contribution in [-0.4, -0.2) is 17.6 Å². The molecule has 0 aliphatic heterocycles. The smallest absolute Gasteiger partial charge is 0.341 e. The number of anilines is 2. The first-order chi connectivity index (χ1) is 10.1. The van der Waals surface area contributed by atoms with Crippen LogP contribution in [0.4, 0.5) is 11.5 Å². The van der Waals surface area contributed by atoms with Crippen molar-refractivity contribution in [2.75, 3.05) is 17.7 Å². The molecule has 1 aromatic carbocycles. The lowest BCUT2D eigenvalue weighted by atomic mass is 10.1. The molecule has 21 heavy (non-hydrogen) atoms. The quantitative estimate of drug-likeness (QED) is 0.652. The van der Waals surface area contributed by atoms with Crippen LogP contribution in [0, 0.1) is 0 Å². The number of nitrogens with zero attached hydrogens (tertiary/aromatic N) is 1. The van der Waals surface area contributed by atoms with Crippen LogP contribution in [-0.2, 0) is 4.74 Å². The topological polar surface area (TPSA) is 77.2 Å². The van der Waals surface area contributed by atoms with Gasteiger partial charge in [-0.2, -0.15) is 0 Å². The van der Waals surface area contributed by atoms with Gasteiger partial charge in [-0.05, 0) is 37.6 Å². The number of esters is 1. The van der Waals surface area contributed by atoms with Crippen molar-refractivity contribution in [3.63, 3.8) is 0 Å². The number of carbonyl (C=O) groups excluding carboxylic acids is 1. The standard InChI is InChI=1S/C16H19N3O2/c1-3-21-16(20)13-8-6-10-18-15(13)19-11(2)12-7-4-5-9-14(12)17/h4-11H,3,17H2,1-2H3,(H,18,19). The predicted octanol–water partition coefficient (Wildman–Crippen LogP) is 3.01. The average molecular weight is 285 g/mol. The van der Waals surface area contributed by atoms with Crippen molar-refractivity contribution in [1.82, 2.24) is 4.98 Å². The third-order valence-corrected chi connectivity index (χ3v) is 3.12. The lowest BCUT2D eigenvalue weighted by Gasteiger charge is -2.18. The Bertz CT molecular complexity index is 628. The number of nitrogens with two attached hydrogens (primary N) is 1. The number of ether oxygens (including phenoxy) is 1. The number of benzene rings is 1. The zero-order chi connectivity index (χ0) is 15.2. The van der Waals surface area contributed by atoms with Gasteiger partial charge in [0.15, 0.2) is 0 Å². The van der Waals surface area contributed by atoms with Gasteiger partial charge in [0.05, 0.1) is 12.6 Å². The number of pyridine rings is 1. The third-order valence-electron chi connectivity index (χ3n) is 3.12. The summed E-state index contributed by atoms with van der Waals surface area (Å²) in [7, 11) is 0. The molecule has 3 N–H and O–H groups in total. The molecule has 0 saturated heterocycles. The van der Waals surface area contributed by atoms with Gasteiger partial charge in [0, 0.05) is 11.9 Å². The van der Waals surface area contributed by atoms with Crippen LogP contribution in [0.3, 0.4) is 0 Å². The number of carbonyl (C=O) groups is 1. The van der Waals surface area contributed by atoms with Crippen molar-refractivity contribution in [1.29, 1.82) is 0 Å². The van der Waals surface area contributed by atoms with Crippen molar-refractivity contribution < 1.29 is 9.53 Å². The van der Waals surface area contributed by atoms with E-state index in [0.29, 0.717) is 23.7 Å². The molecule has 0 spiro atoms. The van der Waals surface area contributed by atoms with Gasteiger partial charge in [-0.25, -0.2) is 9.78 Å². The summed E-state index contributed by atoms with van der Waals surface area (Å²) in [4.78, 5) is 16.1. The van der Waals surface area contributed by atoms with Crippen molar-refractivity contribution in [2.45, 2.75) is 19.9 Å². The van der Waals surface area contributed by atoms with E-state index in [-0.39, 0.29) is 12.0 Å². The summed E-state index contributed by atoms with van der Waals surface area (Å²) in [5.41, 5.74) is 8.04. The minimum absolute atomic E-state index is 0.0747. The molecule has 5 nitrogen and oxygen atoms in total. The number of hydrogen-bond donors (Lipinski definition) is 2. The van der Waals surface area contributed by atoms with E-state index in [9.17, 15) is 4.79 Å². The molecule has 0 bridgehead atoms. The molecular formula is C16H19N3O2. The number of nitrogen functional groups attached to an aromatic ring is 1. The zero-order valence-corrected chi connectivity index (χ0v) is 12.2. The Hall–Kier alpha value is -2.56. The number of aromatic nitrogens is 1. The Morgan fingerprint density at radius 2 is 2.10 bits per heavy atom. The highest BCUT2D eigenvalue weighted by Crippen LogP contribution is 2.24. The molecule has 0 aliphatic rings. The van der Waals surface area contributed by atoms with Crippen LogP contribution < -0.4 is 11.1 Å². The maximum absolute atomic E-state index is 11.9. The van der Waals surface area contributed by atoms with Gasteiger partial charge in [0.25, 0.3) is 0 Å². The number of para-hydroxylation sites is 1. The normalized spacial score (nSPS) is 11.7. The molecule has 0 saturated carbocycles. The van der Waals surface area contributed by atoms with Crippen LogP contribution in [0.1, 0.15) is 35.8 Å². The average Bonchev–Trinajstić information content (AvgIpc) is 2.48. The molecule has 0 radical (unpaired) electrons. The van der Waals surface area contributed by atoms with Crippen molar-refractivity contribution in [3.05, 3.63) is 53.7 Å². The molecule has 2 aromatic rings. The van der Waals surface area contributed by atoms with E-state index in [1.807, 2.05) is 31.2 Å². The molecule has 1 unspecified atom stereocenters. The van der Waals surface area contributed by atoms with Crippen molar-refractivity contribution in [2.24, 2.45) is 0 Å². The SMILES string of the molecule is CCOC(=O)c1cccnc1NC(C)c1ccccc1N. The highest BCUT2D eigenvalue weighted by Gasteiger charge is 2.16. The summed E-state index contributed by atoms with van der Waals surface area (Å²) in [6.07, 6.45) is 1.63. The second-order valence-corrected chi connectivity index (χ2v) is 4.61. The molecule has 110 valence electrons. The van der Waals surface area contributed by atoms with E-state index in [2.05, 4.69) is 10.3 Å². The largest absolute Gasteiger partial charge is 0.462 e. The van der Waals surface area contributed by atoms with E-state index in [4.69, 9.17) is 10.5 Å². The highest BCUT2D eigenvalue weighted by molar-refractivity contribution is 5.94. The van der Waals surface area contributed by atoms with Crippen LogP contribution in [0.2, 0.25) is 0 Å². The Morgan fingerprint density at radius 1 is 1.33 bits per heavy atom. The summed E-state index contributed by atoms with van der Waals surface area (Å²) in [6, 6.07) is 10.9. The fourth-order valence-corrected chi connectivity index (χ4v) is 2.08. The summed E-state index contributed by atoms with van der Waals surface area (Å²) in [5, 5.41) is 3.21. The molecule has 2 rings (SSSR count). The summed E-state index contributed by atoms with van der Waals surface area (Å²) in [6.45, 7) is 4.07. The first-order valence-electron chi connectivity index (χ1n) is 6.86. The summed E-state index contributed by atoms with van der Waals surface area (Å²) in [5.74, 6) is 0.105. The van der Waals surface area contributed by atoms with Crippen molar-refractivity contribution in [3.8, 4) is 0 Å². The maximum atomic E-state index is 11.9. The van der Waals surface area contributed by atoms with E-state index < -0.39 is 0 Å². The van der Waals surface area contributed by atoms with Gasteiger partial charge in [-0.15, -0.1) is 0 Å². The van der Waals surface area contributed by atoms with Crippen LogP contribution >= 0.6 is 0 Å². The maximum Gasteiger partial charge on any atom is 0.341 e. The van der Waals surface area contributed by atoms with E-state index >= 15 is 0 Å². The lowest BCUT2D eigenvalue weighted by Crippen LogP contribution is -2.14. The molecule has 5 heteroatoms. The van der Waals surface area contributed by atoms with E-state index in [0.717, 1.165) is 5.56 Å². The number of rotatable bonds is 5. The molecule has 0 fully saturated rings. The van der Waals surface area contributed by atoms with Crippen LogP contribution in [0.25, 0.3) is 0 Å². The molecule has 0 amide bonds. The zero-order valence-electron chi connectivity index (χ0n) is 12.2. The molecule has 1 atom stereocenters. The third kappa shape index (κ3) is 3.51. The summed E-state index contributed by atoms with van der Waals surface area (Å²) < 4.78 is 5.04. The predicted molar refractivity (Wildman–Crippen MR) is 83.1 cm³/mol. The fourth-order valence-electron chi connectivity index (χ4n) is 2.08. The summed E-state index contributed by atoms with van der Waals surface area (Å²) >= 11 is 0. The van der Waals surface area contributed by atoms with E-state index in [1.54, 1.807) is 25.3 Å². The molecule has 1 aromatic heterocycles. The van der Waals surface area contributed by atoms with Crippen LogP contribution in [0.5, 0.6) is 0 Å². The fraction of sp³-hybridized carbons (Fsp3) is 0.250. The number of nitrogens with one attached hydrogen (secondary N) is 1. The Balaban J connectivity index is 2.24. The minimum atomic E-state index is -0.388. The van der Waals surface area contributed by atoms with Crippen molar-refractivity contribution >= 4 is 17.5 Å². The second-order valence-electron chi connectivity index (χ2n) is 4.61. The molecule has 1 heterocycles. The van der Waals surface area contributed by atoms with E-state index in [1.165, 1.54) is 0 Å². The van der Waals surface area contributed by atoms with Gasteiger partial charge in [-0.3, -0.25) is 0 Å².